The van der Waals surface area contributed by atoms with Crippen LogP contribution >= 0.6 is 0 Å². The lowest BCUT2D eigenvalue weighted by atomic mass is 10.1. The summed E-state index contributed by atoms with van der Waals surface area (Å²) >= 11 is 0. The molecule has 1 aliphatic heterocycles. The lowest BCUT2D eigenvalue weighted by Crippen LogP contribution is -2.41. The molecule has 8 nitrogen and oxygen atoms in total. The topological polar surface area (TPSA) is 98.9 Å². The molecule has 0 atom stereocenters. The SMILES string of the molecule is COc1ccc(-c2cc(C)no2)cc1S(=O)(=O)CCC(=O)N1CCOCC1. The minimum absolute atomic E-state index is 0.0336. The maximum atomic E-state index is 12.9. The number of aromatic nitrogens is 1. The van der Waals surface area contributed by atoms with Crippen LogP contribution in [-0.4, -0.2) is 63.5 Å². The van der Waals surface area contributed by atoms with Gasteiger partial charge < -0.3 is 18.9 Å². The van der Waals surface area contributed by atoms with E-state index in [1.54, 1.807) is 30.0 Å². The molecule has 0 bridgehead atoms. The van der Waals surface area contributed by atoms with E-state index in [9.17, 15) is 13.2 Å². The lowest BCUT2D eigenvalue weighted by molar-refractivity contribution is -0.134. The molecule has 0 aliphatic carbocycles. The number of carbonyl (C=O) groups excluding carboxylic acids is 1. The molecule has 1 fully saturated rings. The highest BCUT2D eigenvalue weighted by molar-refractivity contribution is 7.91. The van der Waals surface area contributed by atoms with E-state index in [1.807, 2.05) is 0 Å². The number of benzene rings is 1. The molecule has 1 aromatic heterocycles. The monoisotopic (exact) mass is 394 g/mol. The van der Waals surface area contributed by atoms with E-state index in [1.165, 1.54) is 13.2 Å². The molecule has 0 unspecified atom stereocenters. The third-order valence-electron chi connectivity index (χ3n) is 4.36. The van der Waals surface area contributed by atoms with E-state index in [-0.39, 0.29) is 28.7 Å². The number of nitrogens with zero attached hydrogens (tertiary/aromatic N) is 2. The van der Waals surface area contributed by atoms with Crippen LogP contribution in [0.25, 0.3) is 11.3 Å². The molecule has 1 aromatic carbocycles. The Morgan fingerprint density at radius 2 is 2.00 bits per heavy atom. The summed E-state index contributed by atoms with van der Waals surface area (Å²) in [4.78, 5) is 13.9. The number of hydrogen-bond donors (Lipinski definition) is 0. The minimum Gasteiger partial charge on any atom is -0.495 e. The van der Waals surface area contributed by atoms with Gasteiger partial charge in [-0.15, -0.1) is 0 Å². The molecule has 0 radical (unpaired) electrons. The summed E-state index contributed by atoms with van der Waals surface area (Å²) in [5.74, 6) is 0.214. The average Bonchev–Trinajstić information content (AvgIpc) is 3.12. The standard InChI is InChI=1S/C18H22N2O6S/c1-13-11-16(26-19-13)14-3-4-15(24-2)17(12-14)27(22,23)10-5-18(21)20-6-8-25-9-7-20/h3-4,11-12H,5-10H2,1-2H3. The summed E-state index contributed by atoms with van der Waals surface area (Å²) in [5.41, 5.74) is 1.27. The molecule has 0 saturated carbocycles. The molecular formula is C18H22N2O6S. The predicted molar refractivity (Wildman–Crippen MR) is 97.3 cm³/mol. The van der Waals surface area contributed by atoms with Crippen LogP contribution in [0.15, 0.2) is 33.7 Å². The number of morpholine rings is 1. The number of methoxy groups -OCH3 is 1. The van der Waals surface area contributed by atoms with Gasteiger partial charge in [0.2, 0.25) is 5.91 Å². The Hall–Kier alpha value is -2.39. The van der Waals surface area contributed by atoms with E-state index < -0.39 is 9.84 Å². The van der Waals surface area contributed by atoms with Gasteiger partial charge in [-0.1, -0.05) is 5.16 Å². The maximum Gasteiger partial charge on any atom is 0.223 e. The first-order valence-electron chi connectivity index (χ1n) is 8.61. The second-order valence-corrected chi connectivity index (χ2v) is 8.34. The quantitative estimate of drug-likeness (QED) is 0.735. The van der Waals surface area contributed by atoms with Gasteiger partial charge in [-0.2, -0.15) is 0 Å². The molecule has 1 aliphatic rings. The first kappa shape index (κ1) is 19.4. The van der Waals surface area contributed by atoms with Crippen LogP contribution in [0.4, 0.5) is 0 Å². The van der Waals surface area contributed by atoms with Gasteiger partial charge in [0.15, 0.2) is 15.6 Å². The lowest BCUT2D eigenvalue weighted by Gasteiger charge is -2.26. The summed E-state index contributed by atoms with van der Waals surface area (Å²) in [5, 5.41) is 3.82. The average molecular weight is 394 g/mol. The highest BCUT2D eigenvalue weighted by atomic mass is 32.2. The molecule has 2 aromatic rings. The zero-order chi connectivity index (χ0) is 19.4. The number of sulfone groups is 1. The molecule has 27 heavy (non-hydrogen) atoms. The van der Waals surface area contributed by atoms with Crippen LogP contribution in [0.1, 0.15) is 12.1 Å². The Morgan fingerprint density at radius 3 is 2.63 bits per heavy atom. The zero-order valence-electron chi connectivity index (χ0n) is 15.3. The van der Waals surface area contributed by atoms with Gasteiger partial charge in [0.25, 0.3) is 0 Å². The van der Waals surface area contributed by atoms with E-state index in [0.29, 0.717) is 43.3 Å². The highest BCUT2D eigenvalue weighted by Gasteiger charge is 2.24. The smallest absolute Gasteiger partial charge is 0.223 e. The molecule has 3 rings (SSSR count). The summed E-state index contributed by atoms with van der Waals surface area (Å²) in [6.45, 7) is 3.71. The summed E-state index contributed by atoms with van der Waals surface area (Å²) in [6, 6.07) is 6.49. The predicted octanol–water partition coefficient (Wildman–Crippen LogP) is 1.68. The normalized spacial score (nSPS) is 15.0. The second kappa shape index (κ2) is 8.10. The Bertz CT molecular complexity index is 916. The fourth-order valence-electron chi connectivity index (χ4n) is 2.88. The van der Waals surface area contributed by atoms with E-state index >= 15 is 0 Å². The third kappa shape index (κ3) is 4.48. The van der Waals surface area contributed by atoms with Gasteiger partial charge in [-0.25, -0.2) is 8.42 Å². The summed E-state index contributed by atoms with van der Waals surface area (Å²) < 4.78 is 41.4. The number of hydrogen-bond acceptors (Lipinski definition) is 7. The number of amides is 1. The first-order chi connectivity index (χ1) is 12.9. The maximum absolute atomic E-state index is 12.9. The van der Waals surface area contributed by atoms with Crippen molar-refractivity contribution in [2.75, 3.05) is 39.2 Å². The number of carbonyl (C=O) groups is 1. The van der Waals surface area contributed by atoms with Crippen molar-refractivity contribution in [3.63, 3.8) is 0 Å². The Balaban J connectivity index is 1.80. The number of rotatable bonds is 6. The van der Waals surface area contributed by atoms with Crippen molar-refractivity contribution in [1.29, 1.82) is 0 Å². The zero-order valence-corrected chi connectivity index (χ0v) is 16.1. The molecule has 1 saturated heterocycles. The van der Waals surface area contributed by atoms with Crippen LogP contribution in [0.5, 0.6) is 5.75 Å². The van der Waals surface area contributed by atoms with Crippen LogP contribution in [-0.2, 0) is 19.4 Å². The minimum atomic E-state index is -3.73. The fourth-order valence-corrected chi connectivity index (χ4v) is 4.30. The first-order valence-corrected chi connectivity index (χ1v) is 10.3. The van der Waals surface area contributed by atoms with E-state index in [2.05, 4.69) is 5.16 Å². The molecule has 1 amide bonds. The van der Waals surface area contributed by atoms with E-state index in [0.717, 1.165) is 0 Å². The van der Waals surface area contributed by atoms with Crippen LogP contribution < -0.4 is 4.74 Å². The molecule has 2 heterocycles. The number of ether oxygens (including phenoxy) is 2. The van der Waals surface area contributed by atoms with Crippen molar-refractivity contribution in [2.24, 2.45) is 0 Å². The molecule has 146 valence electrons. The molecular weight excluding hydrogens is 372 g/mol. The third-order valence-corrected chi connectivity index (χ3v) is 6.09. The van der Waals surface area contributed by atoms with Gasteiger partial charge in [0.05, 0.1) is 31.8 Å². The Labute approximate surface area is 158 Å². The van der Waals surface area contributed by atoms with Crippen LogP contribution in [0.3, 0.4) is 0 Å². The highest BCUT2D eigenvalue weighted by Crippen LogP contribution is 2.31. The van der Waals surface area contributed by atoms with Crippen molar-refractivity contribution in [2.45, 2.75) is 18.2 Å². The van der Waals surface area contributed by atoms with Gasteiger partial charge in [-0.05, 0) is 25.1 Å². The van der Waals surface area contributed by atoms with Gasteiger partial charge in [0.1, 0.15) is 10.6 Å². The van der Waals surface area contributed by atoms with Gasteiger partial charge >= 0.3 is 0 Å². The summed E-state index contributed by atoms with van der Waals surface area (Å²) in [6.07, 6.45) is -0.0862. The fraction of sp³-hybridized carbons (Fsp3) is 0.444. The van der Waals surface area contributed by atoms with Gasteiger partial charge in [-0.3, -0.25) is 4.79 Å². The molecule has 0 spiro atoms. The molecule has 0 N–H and O–H groups in total. The second-order valence-electron chi connectivity index (χ2n) is 6.26. The van der Waals surface area contributed by atoms with Crippen molar-refractivity contribution in [1.82, 2.24) is 10.1 Å². The molecule has 9 heteroatoms. The van der Waals surface area contributed by atoms with Crippen LogP contribution in [0, 0.1) is 6.92 Å². The van der Waals surface area contributed by atoms with Crippen molar-refractivity contribution in [3.8, 4) is 17.1 Å². The van der Waals surface area contributed by atoms with Gasteiger partial charge in [0, 0.05) is 31.1 Å². The summed E-state index contributed by atoms with van der Waals surface area (Å²) in [7, 11) is -2.32. The van der Waals surface area contributed by atoms with Crippen molar-refractivity contribution >= 4 is 15.7 Å². The van der Waals surface area contributed by atoms with Crippen LogP contribution in [0.2, 0.25) is 0 Å². The van der Waals surface area contributed by atoms with E-state index in [4.69, 9.17) is 14.0 Å². The Morgan fingerprint density at radius 1 is 1.26 bits per heavy atom. The Kier molecular flexibility index (Phi) is 5.81. The largest absolute Gasteiger partial charge is 0.495 e. The van der Waals surface area contributed by atoms with Crippen molar-refractivity contribution in [3.05, 3.63) is 30.0 Å². The van der Waals surface area contributed by atoms with Crippen molar-refractivity contribution < 1.29 is 27.2 Å². The number of aryl methyl sites for hydroxylation is 1.